The third-order valence-corrected chi connectivity index (χ3v) is 5.57. The second-order valence-electron chi connectivity index (χ2n) is 5.59. The van der Waals surface area contributed by atoms with Gasteiger partial charge >= 0.3 is 19.0 Å². The maximum atomic E-state index is 11.9. The number of aromatic hydroxyl groups is 1. The molecule has 15 heteroatoms. The van der Waals surface area contributed by atoms with Crippen LogP contribution in [0, 0.1) is 30.3 Å². The van der Waals surface area contributed by atoms with Crippen molar-refractivity contribution in [2.75, 3.05) is 13.2 Å². The highest BCUT2D eigenvalue weighted by molar-refractivity contribution is 7.55. The number of benzene rings is 1. The number of phenolic OH excluding ortho intramolecular Hbond substituents is 1. The standard InChI is InChI=1S/C7H18NO3P.C6H3N3O7/c1-5-10-12(9,11-6-2)7(3,4)8;10-6-4(8(13)14)1-3(7(11)12)2-5(6)9(15)16/h5-6,8H2,1-4H3;1-2,10H. The van der Waals surface area contributed by atoms with Gasteiger partial charge < -0.3 is 19.9 Å². The molecule has 0 aliphatic heterocycles. The molecule has 14 nitrogen and oxygen atoms in total. The van der Waals surface area contributed by atoms with Crippen molar-refractivity contribution in [3.8, 4) is 5.75 Å². The van der Waals surface area contributed by atoms with Crippen LogP contribution in [0.25, 0.3) is 0 Å². The number of nitro benzene ring substituents is 3. The van der Waals surface area contributed by atoms with Crippen LogP contribution in [0.15, 0.2) is 12.1 Å². The van der Waals surface area contributed by atoms with Crippen molar-refractivity contribution >= 4 is 24.7 Å². The predicted octanol–water partition coefficient (Wildman–Crippen LogP) is 3.06. The Morgan fingerprint density at radius 1 is 1.00 bits per heavy atom. The Labute approximate surface area is 159 Å². The van der Waals surface area contributed by atoms with Crippen LogP contribution in [0.4, 0.5) is 17.1 Å². The van der Waals surface area contributed by atoms with E-state index in [0.29, 0.717) is 25.3 Å². The predicted molar refractivity (Wildman–Crippen MR) is 97.2 cm³/mol. The van der Waals surface area contributed by atoms with Crippen molar-refractivity contribution in [2.45, 2.75) is 33.0 Å². The van der Waals surface area contributed by atoms with E-state index < -0.39 is 50.5 Å². The van der Waals surface area contributed by atoms with E-state index >= 15 is 0 Å². The Balaban J connectivity index is 0.000000546. The molecule has 0 spiro atoms. The molecular formula is C13H21N4O10P. The Kier molecular flexibility index (Phi) is 9.08. The van der Waals surface area contributed by atoms with E-state index in [2.05, 4.69) is 0 Å². The van der Waals surface area contributed by atoms with Gasteiger partial charge in [-0.15, -0.1) is 0 Å². The van der Waals surface area contributed by atoms with E-state index in [9.17, 15) is 34.9 Å². The second kappa shape index (κ2) is 10.0. The van der Waals surface area contributed by atoms with Gasteiger partial charge in [0, 0.05) is 0 Å². The lowest BCUT2D eigenvalue weighted by atomic mass is 10.2. The summed E-state index contributed by atoms with van der Waals surface area (Å²) in [7, 11) is -3.13. The molecule has 1 rings (SSSR count). The highest BCUT2D eigenvalue weighted by Crippen LogP contribution is 2.56. The number of rotatable bonds is 8. The SMILES string of the molecule is CCOP(=O)(OCC)C(C)(C)N.O=[N+]([O-])c1cc([N+](=O)[O-])c(O)c([N+](=O)[O-])c1. The minimum atomic E-state index is -3.13. The van der Waals surface area contributed by atoms with Gasteiger partial charge in [0.1, 0.15) is 5.28 Å². The molecule has 158 valence electrons. The van der Waals surface area contributed by atoms with E-state index in [4.69, 9.17) is 19.9 Å². The normalized spacial score (nSPS) is 11.3. The molecule has 0 radical (unpaired) electrons. The average molecular weight is 424 g/mol. The molecule has 28 heavy (non-hydrogen) atoms. The first kappa shape index (κ1) is 25.3. The summed E-state index contributed by atoms with van der Waals surface area (Å²) >= 11 is 0. The van der Waals surface area contributed by atoms with E-state index in [-0.39, 0.29) is 0 Å². The monoisotopic (exact) mass is 424 g/mol. The smallest absolute Gasteiger partial charge is 0.349 e. The van der Waals surface area contributed by atoms with Gasteiger partial charge in [0.15, 0.2) is 0 Å². The van der Waals surface area contributed by atoms with Crippen molar-refractivity contribution in [1.82, 2.24) is 0 Å². The first-order chi connectivity index (χ1) is 12.7. The molecule has 1 aromatic carbocycles. The van der Waals surface area contributed by atoms with Gasteiger partial charge in [-0.25, -0.2) is 0 Å². The summed E-state index contributed by atoms with van der Waals surface area (Å²) in [4.78, 5) is 27.8. The fourth-order valence-electron chi connectivity index (χ4n) is 1.68. The van der Waals surface area contributed by atoms with E-state index in [1.165, 1.54) is 0 Å². The molecule has 0 aliphatic rings. The summed E-state index contributed by atoms with van der Waals surface area (Å²) in [5.74, 6) is -1.21. The molecular weight excluding hydrogens is 403 g/mol. The molecule has 1 aromatic rings. The fraction of sp³-hybridized carbons (Fsp3) is 0.538. The lowest BCUT2D eigenvalue weighted by molar-refractivity contribution is -0.404. The fourth-order valence-corrected chi connectivity index (χ4v) is 3.10. The summed E-state index contributed by atoms with van der Waals surface area (Å²) in [6, 6.07) is 0.894. The molecule has 0 unspecified atom stereocenters. The molecule has 0 saturated heterocycles. The largest absolute Gasteiger partial charge is 0.497 e. The van der Waals surface area contributed by atoms with Crippen LogP contribution in [0.1, 0.15) is 27.7 Å². The minimum absolute atomic E-state index is 0.345. The van der Waals surface area contributed by atoms with Crippen molar-refractivity contribution in [2.24, 2.45) is 5.73 Å². The highest BCUT2D eigenvalue weighted by atomic mass is 31.2. The van der Waals surface area contributed by atoms with E-state index in [0.717, 1.165) is 0 Å². The van der Waals surface area contributed by atoms with Gasteiger partial charge in [-0.1, -0.05) is 0 Å². The zero-order valence-corrected chi connectivity index (χ0v) is 16.5. The first-order valence-corrected chi connectivity index (χ1v) is 9.24. The number of nitrogens with two attached hydrogens (primary N) is 1. The molecule has 0 atom stereocenters. The van der Waals surface area contributed by atoms with Crippen LogP contribution in [-0.2, 0) is 13.6 Å². The van der Waals surface area contributed by atoms with Gasteiger partial charge in [-0.3, -0.25) is 34.9 Å². The zero-order valence-electron chi connectivity index (χ0n) is 15.6. The minimum Gasteiger partial charge on any atom is -0.497 e. The van der Waals surface area contributed by atoms with Crippen LogP contribution in [-0.4, -0.2) is 38.4 Å². The summed E-state index contributed by atoms with van der Waals surface area (Å²) < 4.78 is 22.0. The van der Waals surface area contributed by atoms with Crippen LogP contribution in [0.5, 0.6) is 5.75 Å². The summed E-state index contributed by atoms with van der Waals surface area (Å²) in [6.07, 6.45) is 0. The Morgan fingerprint density at radius 3 is 1.57 bits per heavy atom. The third-order valence-electron chi connectivity index (χ3n) is 2.96. The topological polar surface area (TPSA) is 211 Å². The van der Waals surface area contributed by atoms with Crippen LogP contribution in [0.2, 0.25) is 0 Å². The number of nitro groups is 3. The molecule has 0 bridgehead atoms. The zero-order chi connectivity index (χ0) is 22.3. The molecule has 0 heterocycles. The quantitative estimate of drug-likeness (QED) is 0.351. The van der Waals surface area contributed by atoms with Crippen molar-refractivity contribution < 1.29 is 33.5 Å². The summed E-state index contributed by atoms with van der Waals surface area (Å²) in [6.45, 7) is 7.49. The van der Waals surface area contributed by atoms with Gasteiger partial charge in [0.2, 0.25) is 0 Å². The van der Waals surface area contributed by atoms with Crippen LogP contribution in [0.3, 0.4) is 0 Å². The molecule has 0 aliphatic carbocycles. The lowest BCUT2D eigenvalue weighted by Gasteiger charge is -2.28. The van der Waals surface area contributed by atoms with E-state index in [1.54, 1.807) is 27.7 Å². The van der Waals surface area contributed by atoms with Crippen molar-refractivity contribution in [3.05, 3.63) is 42.5 Å². The lowest BCUT2D eigenvalue weighted by Crippen LogP contribution is -2.33. The van der Waals surface area contributed by atoms with Gasteiger partial charge in [0.25, 0.3) is 11.4 Å². The maximum absolute atomic E-state index is 11.9. The number of nitrogens with zero attached hydrogens (tertiary/aromatic N) is 3. The number of phenols is 1. The van der Waals surface area contributed by atoms with Gasteiger partial charge in [-0.2, -0.15) is 0 Å². The van der Waals surface area contributed by atoms with E-state index in [1.807, 2.05) is 0 Å². The second-order valence-corrected chi connectivity index (χ2v) is 8.25. The van der Waals surface area contributed by atoms with Gasteiger partial charge in [0.05, 0.1) is 40.1 Å². The Hall–Kier alpha value is -2.67. The number of non-ortho nitro benzene ring substituents is 1. The maximum Gasteiger partial charge on any atom is 0.349 e. The van der Waals surface area contributed by atoms with Crippen molar-refractivity contribution in [1.29, 1.82) is 0 Å². The van der Waals surface area contributed by atoms with Gasteiger partial charge in [-0.05, 0) is 27.7 Å². The van der Waals surface area contributed by atoms with Crippen LogP contribution < -0.4 is 5.73 Å². The molecule has 0 aromatic heterocycles. The Bertz CT molecular complexity index is 747. The summed E-state index contributed by atoms with van der Waals surface area (Å²) in [5, 5.41) is 39.3. The number of hydrogen-bond donors (Lipinski definition) is 2. The number of hydrogen-bond acceptors (Lipinski definition) is 11. The van der Waals surface area contributed by atoms with Crippen LogP contribution >= 0.6 is 7.60 Å². The molecule has 0 fully saturated rings. The molecule has 0 amide bonds. The third kappa shape index (κ3) is 6.49. The average Bonchev–Trinajstić information content (AvgIpc) is 2.54. The first-order valence-electron chi connectivity index (χ1n) is 7.70. The van der Waals surface area contributed by atoms with Crippen molar-refractivity contribution in [3.63, 3.8) is 0 Å². The molecule has 3 N–H and O–H groups in total. The Morgan fingerprint density at radius 2 is 1.36 bits per heavy atom. The molecule has 0 saturated carbocycles. The summed E-state index contributed by atoms with van der Waals surface area (Å²) in [5.41, 5.74) is 2.67. The highest BCUT2D eigenvalue weighted by Gasteiger charge is 2.39.